The minimum atomic E-state index is -4.14. The number of carbonyl (C=O) groups is 2. The molecule has 1 saturated heterocycles. The monoisotopic (exact) mass is 526 g/mol. The molecule has 1 N–H and O–H groups in total. The third-order valence-electron chi connectivity index (χ3n) is 10.6. The van der Waals surface area contributed by atoms with Crippen LogP contribution in [0.4, 0.5) is 0 Å². The number of Topliss-reactive ketones (excluding diaryl/α,β-unsaturated/α-hetero) is 1. The zero-order chi connectivity index (χ0) is 26.6. The molecular formula is C29H34O7S. The van der Waals surface area contributed by atoms with Gasteiger partial charge in [0.1, 0.15) is 17.8 Å². The summed E-state index contributed by atoms with van der Waals surface area (Å²) in [7, 11) is -4.14. The van der Waals surface area contributed by atoms with E-state index in [0.29, 0.717) is 12.8 Å². The van der Waals surface area contributed by atoms with Crippen LogP contribution in [0, 0.1) is 35.5 Å². The molecule has 4 fully saturated rings. The van der Waals surface area contributed by atoms with Crippen molar-refractivity contribution >= 4 is 21.7 Å². The maximum Gasteiger partial charge on any atom is 0.297 e. The number of hydrogen-bond donors (Lipinski definition) is 1. The highest BCUT2D eigenvalue weighted by atomic mass is 32.2. The molecule has 198 valence electrons. The number of rotatable bonds is 5. The first-order valence-corrected chi connectivity index (χ1v) is 14.5. The first-order chi connectivity index (χ1) is 17.3. The number of aliphatic hydroxyl groups is 1. The van der Waals surface area contributed by atoms with Crippen LogP contribution >= 0.6 is 0 Å². The summed E-state index contributed by atoms with van der Waals surface area (Å²) in [4.78, 5) is 25.7. The van der Waals surface area contributed by atoms with Crippen molar-refractivity contribution in [1.29, 1.82) is 0 Å². The van der Waals surface area contributed by atoms with E-state index < -0.39 is 39.1 Å². The van der Waals surface area contributed by atoms with Gasteiger partial charge in [0, 0.05) is 10.8 Å². The molecule has 8 heteroatoms. The van der Waals surface area contributed by atoms with Gasteiger partial charge in [-0.2, -0.15) is 8.42 Å². The third-order valence-corrected chi connectivity index (χ3v) is 11.9. The van der Waals surface area contributed by atoms with Gasteiger partial charge in [0.15, 0.2) is 11.6 Å². The fourth-order valence-corrected chi connectivity index (χ4v) is 9.46. The van der Waals surface area contributed by atoms with Crippen molar-refractivity contribution < 1.29 is 32.0 Å². The summed E-state index contributed by atoms with van der Waals surface area (Å²) in [5.74, 6) is -0.802. The second kappa shape index (κ2) is 7.72. The molecule has 0 amide bonds. The van der Waals surface area contributed by atoms with Crippen molar-refractivity contribution in [2.45, 2.75) is 75.6 Å². The van der Waals surface area contributed by atoms with E-state index in [4.69, 9.17) is 8.92 Å². The van der Waals surface area contributed by atoms with E-state index in [1.165, 1.54) is 12.1 Å². The Bertz CT molecular complexity index is 1360. The van der Waals surface area contributed by atoms with Crippen LogP contribution in [0.1, 0.15) is 52.0 Å². The maximum absolute atomic E-state index is 13.6. The Labute approximate surface area is 218 Å². The van der Waals surface area contributed by atoms with Gasteiger partial charge in [-0.3, -0.25) is 13.8 Å². The average Bonchev–Trinajstić information content (AvgIpc) is 3.53. The number of epoxide rings is 1. The Morgan fingerprint density at radius 3 is 2.59 bits per heavy atom. The van der Waals surface area contributed by atoms with Crippen LogP contribution in [0.5, 0.6) is 0 Å². The van der Waals surface area contributed by atoms with Gasteiger partial charge in [-0.25, -0.2) is 0 Å². The summed E-state index contributed by atoms with van der Waals surface area (Å²) in [5.41, 5.74) is -1.30. The van der Waals surface area contributed by atoms with Crippen LogP contribution in [0.2, 0.25) is 0 Å². The molecule has 0 bridgehead atoms. The Morgan fingerprint density at radius 2 is 1.89 bits per heavy atom. The summed E-state index contributed by atoms with van der Waals surface area (Å²) in [6.07, 6.45) is 7.98. The van der Waals surface area contributed by atoms with Crippen LogP contribution in [0.3, 0.4) is 0 Å². The van der Waals surface area contributed by atoms with Gasteiger partial charge >= 0.3 is 0 Å². The van der Waals surface area contributed by atoms with Gasteiger partial charge in [-0.05, 0) is 81.6 Å². The van der Waals surface area contributed by atoms with E-state index in [-0.39, 0.29) is 40.0 Å². The molecule has 7 nitrogen and oxygen atoms in total. The molecular weight excluding hydrogens is 492 g/mol. The Balaban J connectivity index is 1.28. The Hall–Kier alpha value is -2.13. The number of carbonyl (C=O) groups excluding carboxylic acids is 2. The highest BCUT2D eigenvalue weighted by Crippen LogP contribution is 2.76. The Kier molecular flexibility index (Phi) is 5.25. The number of aryl methyl sites for hydroxylation is 1. The SMILES string of the molecule is Cc1ccc(S(=O)(=O)OCC(=O)[C@@]2(O)[C@H](C)C[C@H]3[C@@H]4CCC5=CC(=O)C=C[C@]5(C)[C@@]45O[C@H]5C[C@@]32C)cc1. The molecule has 5 aliphatic rings. The second-order valence-corrected chi connectivity index (χ2v) is 13.9. The number of allylic oxidation sites excluding steroid dienone is 2. The van der Waals surface area contributed by atoms with E-state index in [0.717, 1.165) is 24.0 Å². The molecule has 4 aliphatic carbocycles. The van der Waals surface area contributed by atoms with Crippen molar-refractivity contribution in [2.24, 2.45) is 28.6 Å². The highest BCUT2D eigenvalue weighted by Gasteiger charge is 2.82. The predicted octanol–water partition coefficient (Wildman–Crippen LogP) is 3.69. The lowest BCUT2D eigenvalue weighted by atomic mass is 9.46. The number of ether oxygens (including phenoxy) is 1. The van der Waals surface area contributed by atoms with Crippen molar-refractivity contribution in [2.75, 3.05) is 6.61 Å². The topological polar surface area (TPSA) is 110 Å². The highest BCUT2D eigenvalue weighted by molar-refractivity contribution is 7.86. The van der Waals surface area contributed by atoms with Gasteiger partial charge in [-0.15, -0.1) is 0 Å². The van der Waals surface area contributed by atoms with Crippen molar-refractivity contribution in [3.05, 3.63) is 53.6 Å². The lowest BCUT2D eigenvalue weighted by Crippen LogP contribution is -2.62. The first kappa shape index (κ1) is 25.2. The lowest BCUT2D eigenvalue weighted by Gasteiger charge is -2.55. The smallest absolute Gasteiger partial charge is 0.297 e. The molecule has 1 aromatic rings. The second-order valence-electron chi connectivity index (χ2n) is 12.2. The molecule has 1 spiro atoms. The van der Waals surface area contributed by atoms with Gasteiger partial charge in [0.25, 0.3) is 10.1 Å². The zero-order valence-electron chi connectivity index (χ0n) is 21.7. The molecule has 0 radical (unpaired) electrons. The quantitative estimate of drug-likeness (QED) is 0.460. The number of hydrogen-bond acceptors (Lipinski definition) is 7. The molecule has 37 heavy (non-hydrogen) atoms. The average molecular weight is 527 g/mol. The fraction of sp³-hybridized carbons (Fsp3) is 0.586. The fourth-order valence-electron chi connectivity index (χ4n) is 8.59. The van der Waals surface area contributed by atoms with E-state index in [1.807, 2.05) is 26.8 Å². The van der Waals surface area contributed by atoms with Gasteiger partial charge < -0.3 is 9.84 Å². The van der Waals surface area contributed by atoms with Crippen molar-refractivity contribution in [3.63, 3.8) is 0 Å². The molecule has 1 aliphatic heterocycles. The van der Waals surface area contributed by atoms with Crippen LogP contribution in [-0.4, -0.2) is 49.0 Å². The molecule has 3 saturated carbocycles. The summed E-state index contributed by atoms with van der Waals surface area (Å²) < 4.78 is 37.2. The van der Waals surface area contributed by atoms with Crippen LogP contribution in [-0.2, 0) is 28.6 Å². The van der Waals surface area contributed by atoms with Crippen LogP contribution in [0.15, 0.2) is 53.0 Å². The first-order valence-electron chi connectivity index (χ1n) is 13.1. The van der Waals surface area contributed by atoms with Gasteiger partial charge in [0.05, 0.1) is 11.0 Å². The zero-order valence-corrected chi connectivity index (χ0v) is 22.5. The lowest BCUT2D eigenvalue weighted by molar-refractivity contribution is -0.165. The van der Waals surface area contributed by atoms with E-state index in [9.17, 15) is 23.1 Å². The van der Waals surface area contributed by atoms with Crippen molar-refractivity contribution in [3.8, 4) is 0 Å². The van der Waals surface area contributed by atoms with Gasteiger partial charge in [-0.1, -0.05) is 43.2 Å². The minimum Gasteiger partial charge on any atom is -0.381 e. The van der Waals surface area contributed by atoms with E-state index in [2.05, 4.69) is 6.92 Å². The number of fused-ring (bicyclic) bond motifs is 3. The number of ketones is 2. The molecule has 8 atom stereocenters. The predicted molar refractivity (Wildman–Crippen MR) is 135 cm³/mol. The maximum atomic E-state index is 13.6. The normalized spacial score (nSPS) is 43.8. The molecule has 0 aromatic heterocycles. The molecule has 1 heterocycles. The number of benzene rings is 1. The Morgan fingerprint density at radius 1 is 1.19 bits per heavy atom. The summed E-state index contributed by atoms with van der Waals surface area (Å²) in [6.45, 7) is 7.13. The van der Waals surface area contributed by atoms with Crippen LogP contribution < -0.4 is 0 Å². The van der Waals surface area contributed by atoms with Gasteiger partial charge in [0.2, 0.25) is 0 Å². The minimum absolute atomic E-state index is 0.00947. The van der Waals surface area contributed by atoms with Crippen LogP contribution in [0.25, 0.3) is 0 Å². The summed E-state index contributed by atoms with van der Waals surface area (Å²) in [6, 6.07) is 6.24. The largest absolute Gasteiger partial charge is 0.381 e. The summed E-state index contributed by atoms with van der Waals surface area (Å²) in [5, 5.41) is 12.1. The molecule has 0 unspecified atom stereocenters. The third kappa shape index (κ3) is 3.13. The van der Waals surface area contributed by atoms with Crippen molar-refractivity contribution in [1.82, 2.24) is 0 Å². The molecule has 1 aromatic carbocycles. The molecule has 6 rings (SSSR count). The summed E-state index contributed by atoms with van der Waals surface area (Å²) >= 11 is 0. The van der Waals surface area contributed by atoms with E-state index in [1.54, 1.807) is 24.3 Å². The standard InChI is InChI=1S/C29H34O7S/c1-17-5-8-21(9-6-17)37(33,34)35-16-24(31)28(32)18(2)13-23-22-10-7-19-14-20(30)11-12-26(19,3)29(22)25(36-29)15-27(23,28)4/h5-6,8-9,11-12,14,18,22-23,25,32H,7,10,13,15-16H2,1-4H3/t18-,22+,23+,25+,26+,27+,28+,29-/m1/s1. The van der Waals surface area contributed by atoms with E-state index >= 15 is 0 Å².